The van der Waals surface area contributed by atoms with Crippen LogP contribution in [0.3, 0.4) is 0 Å². The van der Waals surface area contributed by atoms with Gasteiger partial charge in [-0.05, 0) is 47.7 Å². The normalized spacial score (nSPS) is 11.8. The molecule has 0 aliphatic carbocycles. The lowest BCUT2D eigenvalue weighted by Crippen LogP contribution is -2.08. The average molecular weight is 429 g/mol. The first kappa shape index (κ1) is 18.7. The summed E-state index contributed by atoms with van der Waals surface area (Å²) in [6.07, 6.45) is 3.44. The van der Waals surface area contributed by atoms with Gasteiger partial charge in [0.05, 0.1) is 36.2 Å². The highest BCUT2D eigenvalue weighted by Crippen LogP contribution is 2.37. The molecule has 142 valence electrons. The quantitative estimate of drug-likeness (QED) is 0.251. The van der Waals surface area contributed by atoms with Gasteiger partial charge in [-0.1, -0.05) is 18.2 Å². The summed E-state index contributed by atoms with van der Waals surface area (Å²) in [7, 11) is -3.74. The minimum Gasteiger partial charge on any atom is -0.383 e. The van der Waals surface area contributed by atoms with Crippen molar-refractivity contribution in [3.8, 4) is 11.1 Å². The van der Waals surface area contributed by atoms with E-state index in [9.17, 15) is 8.42 Å². The van der Waals surface area contributed by atoms with Crippen LogP contribution in [0.2, 0.25) is 0 Å². The van der Waals surface area contributed by atoms with Gasteiger partial charge in [0.2, 0.25) is 9.84 Å². The first-order valence-electron chi connectivity index (χ1n) is 8.21. The minimum atomic E-state index is -3.74. The van der Waals surface area contributed by atoms with Crippen LogP contribution in [0.5, 0.6) is 0 Å². The molecule has 0 amide bonds. The fourth-order valence-electron chi connectivity index (χ4n) is 2.90. The lowest BCUT2D eigenvalue weighted by atomic mass is 10.1. The fourth-order valence-corrected chi connectivity index (χ4v) is 6.81. The van der Waals surface area contributed by atoms with Gasteiger partial charge in [-0.3, -0.25) is 5.41 Å². The van der Waals surface area contributed by atoms with Crippen molar-refractivity contribution in [1.82, 2.24) is 9.97 Å². The van der Waals surface area contributed by atoms with E-state index in [-0.39, 0.29) is 15.6 Å². The molecule has 2 aromatic carbocycles. The number of nitrogen functional groups attached to an aromatic ring is 1. The van der Waals surface area contributed by atoms with Gasteiger partial charge in [0.25, 0.3) is 0 Å². The van der Waals surface area contributed by atoms with Crippen molar-refractivity contribution in [2.24, 2.45) is 5.73 Å². The molecule has 0 aliphatic rings. The Kier molecular flexibility index (Phi) is 4.74. The van der Waals surface area contributed by atoms with Gasteiger partial charge in [-0.2, -0.15) is 0 Å². The SMILES string of the molecule is CSc1sc(C(=N)N)cc1S(=O)(=O)c1cccc(-c2ccc3nc[nH]c3c2)c1. The number of sulfone groups is 1. The van der Waals surface area contributed by atoms with Crippen molar-refractivity contribution >= 4 is 49.8 Å². The molecule has 0 bridgehead atoms. The molecule has 6 nitrogen and oxygen atoms in total. The molecular formula is C19H16N4O2S3. The van der Waals surface area contributed by atoms with E-state index in [1.165, 1.54) is 29.2 Å². The highest BCUT2D eigenvalue weighted by Gasteiger charge is 2.25. The molecule has 9 heteroatoms. The van der Waals surface area contributed by atoms with Crippen LogP contribution in [0, 0.1) is 5.41 Å². The smallest absolute Gasteiger partial charge is 0.208 e. The number of thioether (sulfide) groups is 1. The standard InChI is InChI=1S/C19H16N4O2S3/c1-26-19-17(9-16(27-19)18(20)21)28(24,25)13-4-2-3-11(7-13)12-5-6-14-15(8-12)23-10-22-14/h2-10H,1H3,(H3,20,21)(H,22,23). The van der Waals surface area contributed by atoms with Gasteiger partial charge in [0, 0.05) is 0 Å². The summed E-state index contributed by atoms with van der Waals surface area (Å²) in [6.45, 7) is 0. The second-order valence-corrected chi connectivity index (χ2v) is 10.1. The molecule has 0 saturated heterocycles. The Morgan fingerprint density at radius 3 is 2.71 bits per heavy atom. The number of rotatable bonds is 5. The van der Waals surface area contributed by atoms with E-state index in [2.05, 4.69) is 9.97 Å². The monoisotopic (exact) mass is 428 g/mol. The van der Waals surface area contributed by atoms with Crippen molar-refractivity contribution in [3.05, 3.63) is 59.7 Å². The zero-order valence-electron chi connectivity index (χ0n) is 14.8. The van der Waals surface area contributed by atoms with Crippen LogP contribution in [0.15, 0.2) is 68.9 Å². The molecule has 0 fully saturated rings. The Bertz CT molecular complexity index is 1310. The van der Waals surface area contributed by atoms with E-state index in [1.807, 2.05) is 30.5 Å². The highest BCUT2D eigenvalue weighted by atomic mass is 32.2. The second-order valence-electron chi connectivity index (χ2n) is 6.05. The number of benzene rings is 2. The molecule has 28 heavy (non-hydrogen) atoms. The lowest BCUT2D eigenvalue weighted by Gasteiger charge is -2.08. The summed E-state index contributed by atoms with van der Waals surface area (Å²) in [4.78, 5) is 8.12. The topological polar surface area (TPSA) is 113 Å². The number of hydrogen-bond acceptors (Lipinski definition) is 6. The summed E-state index contributed by atoms with van der Waals surface area (Å²) < 4.78 is 27.2. The molecule has 0 unspecified atom stereocenters. The molecule has 4 N–H and O–H groups in total. The summed E-state index contributed by atoms with van der Waals surface area (Å²) in [5, 5.41) is 7.60. The number of fused-ring (bicyclic) bond motifs is 1. The average Bonchev–Trinajstić information content (AvgIpc) is 3.34. The molecule has 2 heterocycles. The number of aromatic nitrogens is 2. The minimum absolute atomic E-state index is 0.136. The zero-order valence-corrected chi connectivity index (χ0v) is 17.2. The molecular weight excluding hydrogens is 412 g/mol. The van der Waals surface area contributed by atoms with Crippen LogP contribution < -0.4 is 5.73 Å². The summed E-state index contributed by atoms with van der Waals surface area (Å²) in [6, 6.07) is 14.1. The predicted molar refractivity (Wildman–Crippen MR) is 114 cm³/mol. The third kappa shape index (κ3) is 3.21. The van der Waals surface area contributed by atoms with E-state index in [4.69, 9.17) is 11.1 Å². The molecule has 0 saturated carbocycles. The van der Waals surface area contributed by atoms with Crippen LogP contribution in [0.25, 0.3) is 22.2 Å². The summed E-state index contributed by atoms with van der Waals surface area (Å²) in [5.41, 5.74) is 8.99. The van der Waals surface area contributed by atoms with E-state index < -0.39 is 9.84 Å². The molecule has 4 rings (SSSR count). The van der Waals surface area contributed by atoms with Crippen molar-refractivity contribution in [2.45, 2.75) is 14.0 Å². The lowest BCUT2D eigenvalue weighted by molar-refractivity contribution is 0.595. The molecule has 4 aromatic rings. The predicted octanol–water partition coefficient (Wildman–Crippen LogP) is 4.13. The van der Waals surface area contributed by atoms with Gasteiger partial charge in [-0.15, -0.1) is 23.1 Å². The van der Waals surface area contributed by atoms with Crippen LogP contribution in [-0.4, -0.2) is 30.5 Å². The van der Waals surface area contributed by atoms with Crippen LogP contribution in [0.1, 0.15) is 4.88 Å². The largest absolute Gasteiger partial charge is 0.383 e. The van der Waals surface area contributed by atoms with Crippen molar-refractivity contribution in [2.75, 3.05) is 6.26 Å². The Balaban J connectivity index is 1.81. The fraction of sp³-hybridized carbons (Fsp3) is 0.0526. The number of hydrogen-bond donors (Lipinski definition) is 3. The van der Waals surface area contributed by atoms with Crippen molar-refractivity contribution in [3.63, 3.8) is 0 Å². The number of nitrogens with one attached hydrogen (secondary N) is 2. The maximum absolute atomic E-state index is 13.3. The van der Waals surface area contributed by atoms with Crippen LogP contribution in [0.4, 0.5) is 0 Å². The number of nitrogens with zero attached hydrogens (tertiary/aromatic N) is 1. The van der Waals surface area contributed by atoms with Gasteiger partial charge in [0.15, 0.2) is 0 Å². The molecule has 0 atom stereocenters. The number of imidazole rings is 1. The van der Waals surface area contributed by atoms with Gasteiger partial charge in [-0.25, -0.2) is 13.4 Å². The third-order valence-electron chi connectivity index (χ3n) is 4.30. The van der Waals surface area contributed by atoms with Crippen LogP contribution >= 0.6 is 23.1 Å². The Labute approximate surface area is 170 Å². The third-order valence-corrected chi connectivity index (χ3v) is 8.64. The summed E-state index contributed by atoms with van der Waals surface area (Å²) >= 11 is 2.55. The number of thiophene rings is 1. The Morgan fingerprint density at radius 2 is 1.96 bits per heavy atom. The molecule has 0 aliphatic heterocycles. The zero-order chi connectivity index (χ0) is 19.9. The van der Waals surface area contributed by atoms with E-state index in [1.54, 1.807) is 24.5 Å². The number of nitrogens with two attached hydrogens (primary N) is 1. The first-order valence-corrected chi connectivity index (χ1v) is 11.7. The second kappa shape index (κ2) is 7.08. The first-order chi connectivity index (χ1) is 13.4. The van der Waals surface area contributed by atoms with E-state index in [0.29, 0.717) is 9.09 Å². The maximum atomic E-state index is 13.3. The number of amidine groups is 1. The molecule has 0 radical (unpaired) electrons. The Hall–Kier alpha value is -2.62. The van der Waals surface area contributed by atoms with Gasteiger partial charge < -0.3 is 10.7 Å². The van der Waals surface area contributed by atoms with Gasteiger partial charge >= 0.3 is 0 Å². The summed E-state index contributed by atoms with van der Waals surface area (Å²) in [5.74, 6) is -0.136. The Morgan fingerprint density at radius 1 is 1.18 bits per heavy atom. The number of H-pyrrole nitrogens is 1. The van der Waals surface area contributed by atoms with E-state index in [0.717, 1.165) is 22.2 Å². The van der Waals surface area contributed by atoms with Crippen molar-refractivity contribution in [1.29, 1.82) is 5.41 Å². The van der Waals surface area contributed by atoms with Crippen molar-refractivity contribution < 1.29 is 8.42 Å². The maximum Gasteiger partial charge on any atom is 0.208 e. The molecule has 0 spiro atoms. The molecule has 2 aromatic heterocycles. The van der Waals surface area contributed by atoms with Gasteiger partial charge in [0.1, 0.15) is 5.84 Å². The van der Waals surface area contributed by atoms with Crippen LogP contribution in [-0.2, 0) is 9.84 Å². The van der Waals surface area contributed by atoms with E-state index >= 15 is 0 Å². The number of aromatic amines is 1. The highest BCUT2D eigenvalue weighted by molar-refractivity contribution is 8.01.